The quantitative estimate of drug-likeness (QED) is 0.0601. The summed E-state index contributed by atoms with van der Waals surface area (Å²) in [5.74, 6) is -1.57. The summed E-state index contributed by atoms with van der Waals surface area (Å²) < 4.78 is 66.5. The van der Waals surface area contributed by atoms with Crippen molar-refractivity contribution in [3.63, 3.8) is 0 Å². The molecule has 1 aromatic carbocycles. The average Bonchev–Trinajstić information content (AvgIpc) is 2.97. The zero-order valence-corrected chi connectivity index (χ0v) is 26.2. The monoisotopic (exact) mass is 634 g/mol. The van der Waals surface area contributed by atoms with Crippen LogP contribution in [0.25, 0.3) is 0 Å². The first-order valence-corrected chi connectivity index (χ1v) is 16.1. The molecular weight excluding hydrogens is 583 g/mol. The van der Waals surface area contributed by atoms with Gasteiger partial charge in [0.05, 0.1) is 12.1 Å². The highest BCUT2D eigenvalue weighted by atomic mass is 19.4. The van der Waals surface area contributed by atoms with E-state index in [1.165, 1.54) is 83.1 Å². The Labute approximate surface area is 259 Å². The second-order valence-corrected chi connectivity index (χ2v) is 11.3. The van der Waals surface area contributed by atoms with Crippen molar-refractivity contribution in [1.82, 2.24) is 5.32 Å². The van der Waals surface area contributed by atoms with Crippen molar-refractivity contribution in [2.24, 2.45) is 0 Å². The Morgan fingerprint density at radius 1 is 0.795 bits per heavy atom. The third-order valence-electron chi connectivity index (χ3n) is 7.35. The lowest BCUT2D eigenvalue weighted by Gasteiger charge is -2.20. The number of carbonyl (C=O) groups excluding carboxylic acids is 2. The van der Waals surface area contributed by atoms with Crippen molar-refractivity contribution in [2.45, 2.75) is 147 Å². The van der Waals surface area contributed by atoms with Gasteiger partial charge in [0.2, 0.25) is 11.8 Å². The molecule has 0 aliphatic carbocycles. The maximum absolute atomic E-state index is 13.0. The molecule has 0 radical (unpaired) electrons. The number of hydrogen-bond donors (Lipinski definition) is 3. The van der Waals surface area contributed by atoms with Crippen molar-refractivity contribution in [2.75, 3.05) is 5.32 Å². The van der Waals surface area contributed by atoms with E-state index < -0.39 is 36.1 Å². The summed E-state index contributed by atoms with van der Waals surface area (Å²) in [6.45, 7) is 4.03. The van der Waals surface area contributed by atoms with Crippen LogP contribution in [0.2, 0.25) is 0 Å². The molecule has 0 aliphatic heterocycles. The topological polar surface area (TPSA) is 87.7 Å². The van der Waals surface area contributed by atoms with Crippen LogP contribution in [0, 0.1) is 0 Å². The van der Waals surface area contributed by atoms with Gasteiger partial charge in [-0.15, -0.1) is 0 Å². The van der Waals surface area contributed by atoms with Crippen molar-refractivity contribution >= 4 is 17.5 Å². The number of hydrogen-bond acceptors (Lipinski definition) is 4. The van der Waals surface area contributed by atoms with Crippen molar-refractivity contribution in [1.29, 1.82) is 0 Å². The summed E-state index contributed by atoms with van der Waals surface area (Å²) in [7, 11) is 0. The molecule has 0 fully saturated rings. The molecule has 2 atom stereocenters. The zero-order chi connectivity index (χ0) is 32.8. The minimum Gasteiger partial charge on any atom is -0.426 e. The molecule has 6 nitrogen and oxygen atoms in total. The molecule has 2 amide bonds. The molecule has 0 unspecified atom stereocenters. The summed E-state index contributed by atoms with van der Waals surface area (Å²) in [6.07, 6.45) is 9.31. The normalized spacial score (nSPS) is 13.5. The molecule has 0 heterocycles. The molecule has 0 saturated carbocycles. The van der Waals surface area contributed by atoms with Gasteiger partial charge in [0, 0.05) is 18.2 Å². The van der Waals surface area contributed by atoms with E-state index in [9.17, 15) is 36.6 Å². The Kier molecular flexibility index (Phi) is 19.6. The summed E-state index contributed by atoms with van der Waals surface area (Å²) >= 11 is 0. The highest BCUT2D eigenvalue weighted by Gasteiger charge is 2.61. The highest BCUT2D eigenvalue weighted by molar-refractivity contribution is 5.99. The lowest BCUT2D eigenvalue weighted by atomic mass is 10.0. The van der Waals surface area contributed by atoms with E-state index in [0.717, 1.165) is 49.6 Å². The largest absolute Gasteiger partial charge is 0.499 e. The first kappa shape index (κ1) is 39.3. The van der Waals surface area contributed by atoms with E-state index >= 15 is 0 Å². The van der Waals surface area contributed by atoms with Crippen LogP contribution in [0.4, 0.5) is 27.6 Å². The molecular formula is C33H51F5N2O4. The van der Waals surface area contributed by atoms with Gasteiger partial charge in [-0.1, -0.05) is 104 Å². The summed E-state index contributed by atoms with van der Waals surface area (Å²) in [5.41, 5.74) is 0.112. The molecule has 1 aromatic rings. The number of ether oxygens (including phenoxy) is 1. The third kappa shape index (κ3) is 17.6. The number of unbranched alkanes of at least 4 members (excludes halogenated alkanes) is 14. The Bertz CT molecular complexity index is 954. The van der Waals surface area contributed by atoms with Crippen LogP contribution in [-0.2, 0) is 9.59 Å². The number of rotatable bonds is 24. The molecule has 0 aliphatic rings. The van der Waals surface area contributed by atoms with Gasteiger partial charge >= 0.3 is 12.3 Å². The molecule has 0 bridgehead atoms. The lowest BCUT2D eigenvalue weighted by Crippen LogP contribution is -2.42. The van der Waals surface area contributed by atoms with Crippen LogP contribution < -0.4 is 15.4 Å². The minimum atomic E-state index is -5.87. The lowest BCUT2D eigenvalue weighted by molar-refractivity contribution is -0.360. The van der Waals surface area contributed by atoms with Crippen molar-refractivity contribution in [3.8, 4) is 5.75 Å². The van der Waals surface area contributed by atoms with E-state index in [0.29, 0.717) is 12.8 Å². The maximum Gasteiger partial charge on any atom is 0.499 e. The molecule has 0 spiro atoms. The SMILES string of the molecule is CCCCCCCCCCCCCCCCCC(=O)N[C@@H](CC)[C@H](O)/C=C/C(=O)Nc1ccc(OC(F)(F)C(F)(F)F)cc1. The predicted molar refractivity (Wildman–Crippen MR) is 164 cm³/mol. The fraction of sp³-hybridized carbons (Fsp3) is 0.697. The highest BCUT2D eigenvalue weighted by Crippen LogP contribution is 2.37. The molecule has 1 rings (SSSR count). The van der Waals surface area contributed by atoms with E-state index in [1.807, 2.05) is 0 Å². The van der Waals surface area contributed by atoms with Crippen LogP contribution in [0.1, 0.15) is 123 Å². The van der Waals surface area contributed by atoms with Gasteiger partial charge in [-0.05, 0) is 43.2 Å². The van der Waals surface area contributed by atoms with E-state index in [2.05, 4.69) is 22.3 Å². The predicted octanol–water partition coefficient (Wildman–Crippen LogP) is 9.23. The smallest absolute Gasteiger partial charge is 0.426 e. The Morgan fingerprint density at radius 2 is 1.27 bits per heavy atom. The summed E-state index contributed by atoms with van der Waals surface area (Å²) in [4.78, 5) is 24.5. The first-order valence-electron chi connectivity index (χ1n) is 16.1. The summed E-state index contributed by atoms with van der Waals surface area (Å²) in [6, 6.07) is 3.31. The standard InChI is InChI=1S/C33H51F5N2O4/c1-3-5-6-7-8-9-10-11-12-13-14-15-16-17-18-19-30(42)40-28(4-2)29(41)24-25-31(43)39-26-20-22-27(23-21-26)44-33(37,38)32(34,35)36/h20-25,28-29,41H,3-19H2,1-2H3,(H,39,43)(H,40,42)/b25-24+/t28-,29+/m0/s1. The summed E-state index contributed by atoms with van der Waals surface area (Å²) in [5, 5.41) is 15.6. The second-order valence-electron chi connectivity index (χ2n) is 11.3. The van der Waals surface area contributed by atoms with Crippen LogP contribution in [0.3, 0.4) is 0 Å². The van der Waals surface area contributed by atoms with Crippen molar-refractivity contribution in [3.05, 3.63) is 36.4 Å². The number of halogens is 5. The zero-order valence-electron chi connectivity index (χ0n) is 26.2. The van der Waals surface area contributed by atoms with Gasteiger partial charge in [-0.25, -0.2) is 0 Å². The van der Waals surface area contributed by atoms with Gasteiger partial charge in [-0.2, -0.15) is 22.0 Å². The third-order valence-corrected chi connectivity index (χ3v) is 7.35. The minimum absolute atomic E-state index is 0.112. The fourth-order valence-corrected chi connectivity index (χ4v) is 4.68. The van der Waals surface area contributed by atoms with Crippen LogP contribution in [0.15, 0.2) is 36.4 Å². The average molecular weight is 635 g/mol. The number of aliphatic hydroxyl groups excluding tert-OH is 1. The number of amides is 2. The molecule has 0 aromatic heterocycles. The number of nitrogens with one attached hydrogen (secondary N) is 2. The molecule has 44 heavy (non-hydrogen) atoms. The Balaban J connectivity index is 2.23. The Hall–Kier alpha value is -2.69. The number of benzene rings is 1. The van der Waals surface area contributed by atoms with Gasteiger partial charge in [0.25, 0.3) is 0 Å². The van der Waals surface area contributed by atoms with E-state index in [4.69, 9.17) is 0 Å². The van der Waals surface area contributed by atoms with Gasteiger partial charge < -0.3 is 20.5 Å². The van der Waals surface area contributed by atoms with Crippen LogP contribution in [-0.4, -0.2) is 41.4 Å². The molecule has 0 saturated heterocycles. The maximum atomic E-state index is 13.0. The second kappa shape index (κ2) is 21.9. The van der Waals surface area contributed by atoms with Crippen LogP contribution >= 0.6 is 0 Å². The molecule has 3 N–H and O–H groups in total. The fourth-order valence-electron chi connectivity index (χ4n) is 4.68. The number of aliphatic hydroxyl groups is 1. The van der Waals surface area contributed by atoms with Gasteiger partial charge in [0.1, 0.15) is 5.75 Å². The number of carbonyl (C=O) groups is 2. The first-order chi connectivity index (χ1) is 20.9. The molecule has 252 valence electrons. The van der Waals surface area contributed by atoms with Gasteiger partial charge in [0.15, 0.2) is 0 Å². The van der Waals surface area contributed by atoms with E-state index in [-0.39, 0.29) is 11.6 Å². The van der Waals surface area contributed by atoms with Gasteiger partial charge in [-0.3, -0.25) is 9.59 Å². The Morgan fingerprint density at radius 3 is 1.73 bits per heavy atom. The van der Waals surface area contributed by atoms with Crippen LogP contribution in [0.5, 0.6) is 5.75 Å². The molecule has 11 heteroatoms. The van der Waals surface area contributed by atoms with Crippen molar-refractivity contribution < 1.29 is 41.4 Å². The number of anilines is 1. The van der Waals surface area contributed by atoms with E-state index in [1.54, 1.807) is 6.92 Å². The number of alkyl halides is 5.